The zero-order valence-corrected chi connectivity index (χ0v) is 28.7. The van der Waals surface area contributed by atoms with Gasteiger partial charge in [-0.3, -0.25) is 4.99 Å². The molecule has 50 heavy (non-hydrogen) atoms. The average molecular weight is 678 g/mol. The molecule has 0 unspecified atom stereocenters. The Labute approximate surface area is 298 Å². The van der Waals surface area contributed by atoms with E-state index < -0.39 is 0 Å². The fourth-order valence-corrected chi connectivity index (χ4v) is 9.19. The summed E-state index contributed by atoms with van der Waals surface area (Å²) in [6, 6.07) is 57.5. The lowest BCUT2D eigenvalue weighted by atomic mass is 10.0. The molecule has 2 aromatic heterocycles. The van der Waals surface area contributed by atoms with Gasteiger partial charge in [-0.1, -0.05) is 152 Å². The quantitative estimate of drug-likeness (QED) is 0.138. The minimum absolute atomic E-state index is 0.443. The smallest absolute Gasteiger partial charge is 0.157 e. The molecule has 3 nitrogen and oxygen atoms in total. The third-order valence-corrected chi connectivity index (χ3v) is 11.6. The highest BCUT2D eigenvalue weighted by Crippen LogP contribution is 2.45. The van der Waals surface area contributed by atoms with E-state index in [2.05, 4.69) is 140 Å². The molecule has 0 saturated carbocycles. The third kappa shape index (κ3) is 5.57. The van der Waals surface area contributed by atoms with Crippen molar-refractivity contribution in [3.8, 4) is 22.3 Å². The maximum atomic E-state index is 6.80. The first kappa shape index (κ1) is 30.2. The molecule has 0 fully saturated rings. The minimum atomic E-state index is 0.443. The number of hydrogen-bond acceptors (Lipinski definition) is 3. The number of hydrogen-bond donors (Lipinski definition) is 1. The zero-order valence-electron chi connectivity index (χ0n) is 27.1. The average Bonchev–Trinajstić information content (AvgIpc) is 3.75. The Bertz CT molecular complexity index is 2720. The highest BCUT2D eigenvalue weighted by molar-refractivity contribution is 7.27. The fourth-order valence-electron chi connectivity index (χ4n) is 6.69. The van der Waals surface area contributed by atoms with Crippen molar-refractivity contribution in [1.82, 2.24) is 0 Å². The summed E-state index contributed by atoms with van der Waals surface area (Å²) < 4.78 is 5.11. The number of rotatable bonds is 6. The summed E-state index contributed by atoms with van der Waals surface area (Å²) in [7, 11) is 0. The summed E-state index contributed by atoms with van der Waals surface area (Å²) in [5, 5.41) is 5.11. The summed E-state index contributed by atoms with van der Waals surface area (Å²) >= 11 is 3.69. The topological polar surface area (TPSA) is 50.7 Å². The number of aliphatic imine (C=N–C) groups is 2. The van der Waals surface area contributed by atoms with Gasteiger partial charge in [-0.05, 0) is 28.8 Å². The molecule has 0 spiro atoms. The highest BCUT2D eigenvalue weighted by Gasteiger charge is 2.16. The van der Waals surface area contributed by atoms with Crippen LogP contribution in [0.1, 0.15) is 16.7 Å². The van der Waals surface area contributed by atoms with Gasteiger partial charge in [-0.15, -0.1) is 22.7 Å². The van der Waals surface area contributed by atoms with Crippen LogP contribution in [0.5, 0.6) is 0 Å². The van der Waals surface area contributed by atoms with Gasteiger partial charge in [0.15, 0.2) is 5.84 Å². The van der Waals surface area contributed by atoms with Gasteiger partial charge in [0.1, 0.15) is 5.84 Å². The summed E-state index contributed by atoms with van der Waals surface area (Å²) in [6.45, 7) is 0.512. The Morgan fingerprint density at radius 2 is 1.04 bits per heavy atom. The van der Waals surface area contributed by atoms with Crippen LogP contribution in [0.3, 0.4) is 0 Å². The summed E-state index contributed by atoms with van der Waals surface area (Å²) in [5.41, 5.74) is 14.6. The molecule has 2 heterocycles. The lowest BCUT2D eigenvalue weighted by molar-refractivity contribution is 1.06. The van der Waals surface area contributed by atoms with Gasteiger partial charge in [0.25, 0.3) is 0 Å². The first-order valence-corrected chi connectivity index (χ1v) is 18.3. The molecular weight excluding hydrogens is 647 g/mol. The van der Waals surface area contributed by atoms with E-state index >= 15 is 0 Å². The van der Waals surface area contributed by atoms with Crippen molar-refractivity contribution < 1.29 is 0 Å². The number of nitrogens with two attached hydrogens (primary N) is 1. The second-order valence-corrected chi connectivity index (χ2v) is 14.4. The Morgan fingerprint density at radius 1 is 0.480 bits per heavy atom. The van der Waals surface area contributed by atoms with Gasteiger partial charge < -0.3 is 5.73 Å². The first-order valence-electron chi connectivity index (χ1n) is 16.6. The van der Waals surface area contributed by atoms with E-state index in [1.54, 1.807) is 0 Å². The highest BCUT2D eigenvalue weighted by atomic mass is 32.1. The van der Waals surface area contributed by atoms with Crippen LogP contribution < -0.4 is 5.73 Å². The van der Waals surface area contributed by atoms with Crippen molar-refractivity contribution in [3.05, 3.63) is 180 Å². The SMILES string of the molecule is NC(=NC(=NCc1ccccc1)c1ccc(-c2ccccc2)cc1)c1ccc2c(c1)sc1c(-c3cccc4c3sc3ccccc34)cccc12. The summed E-state index contributed by atoms with van der Waals surface area (Å²) in [4.78, 5) is 9.93. The number of thiophene rings is 2. The molecule has 0 aliphatic carbocycles. The van der Waals surface area contributed by atoms with E-state index in [4.69, 9.17) is 15.7 Å². The largest absolute Gasteiger partial charge is 0.383 e. The molecule has 2 N–H and O–H groups in total. The van der Waals surface area contributed by atoms with E-state index in [1.807, 2.05) is 46.9 Å². The molecule has 0 atom stereocenters. The van der Waals surface area contributed by atoms with Gasteiger partial charge in [-0.2, -0.15) is 0 Å². The Morgan fingerprint density at radius 3 is 1.76 bits per heavy atom. The lowest BCUT2D eigenvalue weighted by Gasteiger charge is -2.08. The second kappa shape index (κ2) is 12.9. The van der Waals surface area contributed by atoms with Gasteiger partial charge in [0.2, 0.25) is 0 Å². The molecule has 238 valence electrons. The van der Waals surface area contributed by atoms with E-state index in [0.29, 0.717) is 18.2 Å². The normalized spacial score (nSPS) is 12.4. The molecule has 0 aliphatic rings. The van der Waals surface area contributed by atoms with Gasteiger partial charge in [0.05, 0.1) is 6.54 Å². The number of benzene rings is 7. The third-order valence-electron chi connectivity index (χ3n) is 9.22. The van der Waals surface area contributed by atoms with Crippen LogP contribution in [-0.4, -0.2) is 11.7 Å². The minimum Gasteiger partial charge on any atom is -0.383 e. The molecule has 0 radical (unpaired) electrons. The van der Waals surface area contributed by atoms with Crippen molar-refractivity contribution in [1.29, 1.82) is 0 Å². The van der Waals surface area contributed by atoms with Crippen LogP contribution in [0.25, 0.3) is 62.6 Å². The van der Waals surface area contributed by atoms with Crippen molar-refractivity contribution in [3.63, 3.8) is 0 Å². The van der Waals surface area contributed by atoms with Crippen LogP contribution in [0.2, 0.25) is 0 Å². The fraction of sp³-hybridized carbons (Fsp3) is 0.0222. The van der Waals surface area contributed by atoms with E-state index in [-0.39, 0.29) is 0 Å². The molecule has 0 amide bonds. The molecule has 0 bridgehead atoms. The van der Waals surface area contributed by atoms with Crippen LogP contribution in [0.15, 0.2) is 174 Å². The molecule has 7 aromatic carbocycles. The Balaban J connectivity index is 1.11. The molecule has 0 saturated heterocycles. The zero-order chi connectivity index (χ0) is 33.4. The van der Waals surface area contributed by atoms with E-state index in [0.717, 1.165) is 22.3 Å². The van der Waals surface area contributed by atoms with Crippen LogP contribution in [-0.2, 0) is 6.54 Å². The predicted octanol–water partition coefficient (Wildman–Crippen LogP) is 12.1. The van der Waals surface area contributed by atoms with Crippen molar-refractivity contribution in [2.24, 2.45) is 15.7 Å². The van der Waals surface area contributed by atoms with Crippen LogP contribution >= 0.6 is 22.7 Å². The Hall–Kier alpha value is -5.88. The van der Waals surface area contributed by atoms with E-state index in [1.165, 1.54) is 57.0 Å². The van der Waals surface area contributed by atoms with E-state index in [9.17, 15) is 0 Å². The van der Waals surface area contributed by atoms with Crippen molar-refractivity contribution in [2.75, 3.05) is 0 Å². The van der Waals surface area contributed by atoms with Gasteiger partial charge in [0, 0.05) is 62.6 Å². The molecule has 9 aromatic rings. The van der Waals surface area contributed by atoms with Crippen molar-refractivity contribution in [2.45, 2.75) is 6.54 Å². The van der Waals surface area contributed by atoms with Crippen molar-refractivity contribution >= 4 is 74.7 Å². The number of amidine groups is 2. The molecule has 5 heteroatoms. The van der Waals surface area contributed by atoms with Crippen LogP contribution in [0.4, 0.5) is 0 Å². The molecular formula is C45H31N3S2. The molecule has 9 rings (SSSR count). The monoisotopic (exact) mass is 677 g/mol. The van der Waals surface area contributed by atoms with Gasteiger partial charge >= 0.3 is 0 Å². The Kier molecular flexibility index (Phi) is 7.77. The van der Waals surface area contributed by atoms with Gasteiger partial charge in [-0.25, -0.2) is 4.99 Å². The predicted molar refractivity (Wildman–Crippen MR) is 217 cm³/mol. The first-order chi connectivity index (χ1) is 24.7. The maximum absolute atomic E-state index is 6.80. The number of nitrogens with zero attached hydrogens (tertiary/aromatic N) is 2. The number of fused-ring (bicyclic) bond motifs is 6. The second-order valence-electron chi connectivity index (χ2n) is 12.3. The maximum Gasteiger partial charge on any atom is 0.157 e. The summed E-state index contributed by atoms with van der Waals surface area (Å²) in [6.07, 6.45) is 0. The summed E-state index contributed by atoms with van der Waals surface area (Å²) in [5.74, 6) is 1.06. The standard InChI is InChI=1S/C45H31N3S2/c46-44(48-45(47-28-29-11-3-1-4-12-29)32-23-21-31(22-24-32)30-13-5-2-6-14-30)33-25-26-35-37-17-10-19-39(43(37)50-41(35)27-33)38-18-9-16-36-34-15-7-8-20-40(34)49-42(36)38/h1-27H,28H2,(H2,46,47,48). The van der Waals surface area contributed by atoms with Crippen LogP contribution in [0, 0.1) is 0 Å². The lowest BCUT2D eigenvalue weighted by Crippen LogP contribution is -2.16. The molecule has 0 aliphatic heterocycles.